The maximum Gasteiger partial charge on any atom is 0.151 e. The van der Waals surface area contributed by atoms with Gasteiger partial charge in [-0.1, -0.05) is 18.2 Å². The predicted molar refractivity (Wildman–Crippen MR) is 82.9 cm³/mol. The van der Waals surface area contributed by atoms with Crippen LogP contribution in [-0.4, -0.2) is 53.8 Å². The van der Waals surface area contributed by atoms with Gasteiger partial charge in [-0.25, -0.2) is 4.39 Å². The van der Waals surface area contributed by atoms with Crippen molar-refractivity contribution in [2.45, 2.75) is 32.7 Å². The number of rotatable bonds is 4. The number of benzene rings is 1. The van der Waals surface area contributed by atoms with Gasteiger partial charge in [0, 0.05) is 38.1 Å². The minimum atomic E-state index is -0.289. The monoisotopic (exact) mass is 292 g/mol. The summed E-state index contributed by atoms with van der Waals surface area (Å²) in [5.41, 5.74) is 0.680. The molecule has 116 valence electrons. The Morgan fingerprint density at radius 3 is 2.33 bits per heavy atom. The molecule has 0 spiro atoms. The number of carbonyl (C=O) groups is 1. The van der Waals surface area contributed by atoms with Crippen LogP contribution in [0.25, 0.3) is 0 Å². The van der Waals surface area contributed by atoms with Gasteiger partial charge in [0.05, 0.1) is 6.54 Å². The van der Waals surface area contributed by atoms with Gasteiger partial charge in [0.25, 0.3) is 0 Å². The van der Waals surface area contributed by atoms with E-state index in [0.717, 1.165) is 26.2 Å². The molecular weight excluding hydrogens is 267 g/mol. The lowest BCUT2D eigenvalue weighted by atomic mass is 10.0. The molecule has 21 heavy (non-hydrogen) atoms. The average Bonchev–Trinajstić information content (AvgIpc) is 2.41. The highest BCUT2D eigenvalue weighted by molar-refractivity contribution is 5.82. The molecule has 0 N–H and O–H groups in total. The van der Waals surface area contributed by atoms with Crippen LogP contribution in [0, 0.1) is 5.82 Å². The molecule has 1 heterocycles. The van der Waals surface area contributed by atoms with E-state index in [1.807, 2.05) is 0 Å². The Kier molecular flexibility index (Phi) is 5.12. The first-order chi connectivity index (χ1) is 9.86. The first-order valence-electron chi connectivity index (χ1n) is 7.59. The van der Waals surface area contributed by atoms with E-state index in [-0.39, 0.29) is 23.6 Å². The molecule has 0 aliphatic carbocycles. The zero-order chi connectivity index (χ0) is 15.5. The van der Waals surface area contributed by atoms with Gasteiger partial charge in [-0.2, -0.15) is 0 Å². The number of hydrogen-bond donors (Lipinski definition) is 0. The van der Waals surface area contributed by atoms with Crippen molar-refractivity contribution in [2.24, 2.45) is 0 Å². The van der Waals surface area contributed by atoms with Gasteiger partial charge in [0.1, 0.15) is 5.82 Å². The van der Waals surface area contributed by atoms with E-state index in [1.54, 1.807) is 18.2 Å². The molecule has 1 aromatic carbocycles. The third kappa shape index (κ3) is 4.61. The Labute approximate surface area is 126 Å². The van der Waals surface area contributed by atoms with Crippen LogP contribution in [0.2, 0.25) is 0 Å². The van der Waals surface area contributed by atoms with Crippen molar-refractivity contribution in [2.75, 3.05) is 32.7 Å². The first-order valence-corrected chi connectivity index (χ1v) is 7.59. The largest absolute Gasteiger partial charge is 0.298 e. The van der Waals surface area contributed by atoms with Crippen LogP contribution >= 0.6 is 0 Å². The van der Waals surface area contributed by atoms with Crippen molar-refractivity contribution in [3.63, 3.8) is 0 Å². The number of nitrogens with zero attached hydrogens (tertiary/aromatic N) is 2. The van der Waals surface area contributed by atoms with Crippen LogP contribution < -0.4 is 0 Å². The summed E-state index contributed by atoms with van der Waals surface area (Å²) in [6.45, 7) is 10.8. The normalized spacial score (nSPS) is 17.9. The summed E-state index contributed by atoms with van der Waals surface area (Å²) >= 11 is 0. The molecule has 1 aliphatic rings. The summed E-state index contributed by atoms with van der Waals surface area (Å²) < 4.78 is 13.5. The Balaban J connectivity index is 1.81. The van der Waals surface area contributed by atoms with E-state index >= 15 is 0 Å². The van der Waals surface area contributed by atoms with Crippen LogP contribution in [0.15, 0.2) is 24.3 Å². The maximum atomic E-state index is 13.5. The SMILES string of the molecule is CC(C)(C)N1CCN(CC(=O)Cc2ccccc2F)CC1. The zero-order valence-electron chi connectivity index (χ0n) is 13.2. The lowest BCUT2D eigenvalue weighted by Gasteiger charge is -2.42. The van der Waals surface area contributed by atoms with Crippen molar-refractivity contribution in [1.82, 2.24) is 9.80 Å². The van der Waals surface area contributed by atoms with Gasteiger partial charge in [-0.3, -0.25) is 14.6 Å². The molecule has 0 atom stereocenters. The topological polar surface area (TPSA) is 23.6 Å². The standard InChI is InChI=1S/C17H25FN2O/c1-17(2,3)20-10-8-19(9-11-20)13-15(21)12-14-6-4-5-7-16(14)18/h4-7H,8-13H2,1-3H3. The van der Waals surface area contributed by atoms with Gasteiger partial charge in [-0.15, -0.1) is 0 Å². The van der Waals surface area contributed by atoms with Gasteiger partial charge < -0.3 is 0 Å². The summed E-state index contributed by atoms with van der Waals surface area (Å²) in [5.74, 6) is -0.201. The third-order valence-corrected chi connectivity index (χ3v) is 4.07. The summed E-state index contributed by atoms with van der Waals surface area (Å²) in [6, 6.07) is 6.51. The van der Waals surface area contributed by atoms with Crippen LogP contribution in [-0.2, 0) is 11.2 Å². The summed E-state index contributed by atoms with van der Waals surface area (Å²) in [4.78, 5) is 16.7. The molecule has 0 amide bonds. The molecule has 1 aliphatic heterocycles. The van der Waals surface area contributed by atoms with Crippen molar-refractivity contribution < 1.29 is 9.18 Å². The van der Waals surface area contributed by atoms with E-state index in [9.17, 15) is 9.18 Å². The van der Waals surface area contributed by atoms with Crippen molar-refractivity contribution in [3.8, 4) is 0 Å². The Morgan fingerprint density at radius 2 is 1.76 bits per heavy atom. The van der Waals surface area contributed by atoms with Crippen LogP contribution in [0.5, 0.6) is 0 Å². The number of ketones is 1. The summed E-state index contributed by atoms with van der Waals surface area (Å²) in [6.07, 6.45) is 0.187. The van der Waals surface area contributed by atoms with Gasteiger partial charge in [0.2, 0.25) is 0 Å². The molecule has 0 aromatic heterocycles. The average molecular weight is 292 g/mol. The van der Waals surface area contributed by atoms with E-state index in [4.69, 9.17) is 0 Å². The molecule has 4 heteroatoms. The third-order valence-electron chi connectivity index (χ3n) is 4.07. The quantitative estimate of drug-likeness (QED) is 0.851. The fraction of sp³-hybridized carbons (Fsp3) is 0.588. The van der Waals surface area contributed by atoms with E-state index in [1.165, 1.54) is 6.07 Å². The fourth-order valence-electron chi connectivity index (χ4n) is 2.74. The first kappa shape index (κ1) is 16.1. The van der Waals surface area contributed by atoms with Crippen LogP contribution in [0.3, 0.4) is 0 Å². The molecule has 0 bridgehead atoms. The number of carbonyl (C=O) groups excluding carboxylic acids is 1. The molecule has 1 aromatic rings. The van der Waals surface area contributed by atoms with Gasteiger partial charge in [-0.05, 0) is 32.4 Å². The summed E-state index contributed by atoms with van der Waals surface area (Å²) in [7, 11) is 0. The highest BCUT2D eigenvalue weighted by Crippen LogP contribution is 2.16. The number of Topliss-reactive ketones (excluding diaryl/α,β-unsaturated/α-hetero) is 1. The van der Waals surface area contributed by atoms with Gasteiger partial charge in [0.15, 0.2) is 5.78 Å². The molecule has 3 nitrogen and oxygen atoms in total. The predicted octanol–water partition coefficient (Wildman–Crippen LogP) is 2.35. The van der Waals surface area contributed by atoms with Crippen molar-refractivity contribution in [1.29, 1.82) is 0 Å². The van der Waals surface area contributed by atoms with E-state index < -0.39 is 0 Å². The smallest absolute Gasteiger partial charge is 0.151 e. The molecule has 0 unspecified atom stereocenters. The Hall–Kier alpha value is -1.26. The molecule has 0 radical (unpaired) electrons. The minimum absolute atomic E-state index is 0.0873. The highest BCUT2D eigenvalue weighted by Gasteiger charge is 2.26. The number of hydrogen-bond acceptors (Lipinski definition) is 3. The second-order valence-electron chi connectivity index (χ2n) is 6.74. The molecule has 1 fully saturated rings. The second-order valence-corrected chi connectivity index (χ2v) is 6.74. The minimum Gasteiger partial charge on any atom is -0.298 e. The van der Waals surface area contributed by atoms with Crippen LogP contribution in [0.4, 0.5) is 4.39 Å². The number of halogens is 1. The Morgan fingerprint density at radius 1 is 1.14 bits per heavy atom. The lowest BCUT2D eigenvalue weighted by molar-refractivity contribution is -0.120. The molecule has 0 saturated carbocycles. The second kappa shape index (κ2) is 6.67. The lowest BCUT2D eigenvalue weighted by Crippen LogP contribution is -2.54. The number of piperazine rings is 1. The van der Waals surface area contributed by atoms with E-state index in [0.29, 0.717) is 12.1 Å². The summed E-state index contributed by atoms with van der Waals surface area (Å²) in [5, 5.41) is 0. The van der Waals surface area contributed by atoms with Crippen LogP contribution in [0.1, 0.15) is 26.3 Å². The van der Waals surface area contributed by atoms with E-state index in [2.05, 4.69) is 30.6 Å². The Bertz CT molecular complexity index is 488. The molecule has 2 rings (SSSR count). The van der Waals surface area contributed by atoms with Crippen molar-refractivity contribution >= 4 is 5.78 Å². The highest BCUT2D eigenvalue weighted by atomic mass is 19.1. The maximum absolute atomic E-state index is 13.5. The van der Waals surface area contributed by atoms with Gasteiger partial charge >= 0.3 is 0 Å². The fourth-order valence-corrected chi connectivity index (χ4v) is 2.74. The molecular formula is C17H25FN2O. The zero-order valence-corrected chi connectivity index (χ0v) is 13.2. The molecule has 1 saturated heterocycles. The van der Waals surface area contributed by atoms with Crippen molar-refractivity contribution in [3.05, 3.63) is 35.6 Å².